The van der Waals surface area contributed by atoms with Gasteiger partial charge in [-0.1, -0.05) is 6.07 Å². The van der Waals surface area contributed by atoms with Gasteiger partial charge in [0.05, 0.1) is 11.1 Å². The number of aromatic nitrogens is 1. The molecule has 2 radical (unpaired) electrons. The summed E-state index contributed by atoms with van der Waals surface area (Å²) < 4.78 is 0. The number of piperidine rings is 1. The number of nitrogens with one attached hydrogen (secondary N) is 1. The Bertz CT molecular complexity index is 383. The van der Waals surface area contributed by atoms with Crippen molar-refractivity contribution in [1.82, 2.24) is 15.2 Å². The number of likely N-dealkylation sites (N-methyl/N-ethyl adjacent to an activating group) is 1. The highest BCUT2D eigenvalue weighted by atomic mass is 16.2. The van der Waals surface area contributed by atoms with Crippen LogP contribution in [0.3, 0.4) is 0 Å². The van der Waals surface area contributed by atoms with Crippen molar-refractivity contribution in [3.63, 3.8) is 0 Å². The summed E-state index contributed by atoms with van der Waals surface area (Å²) >= 11 is 0. The molecular formula is C13H17N3O. The van der Waals surface area contributed by atoms with Gasteiger partial charge in [0.15, 0.2) is 0 Å². The van der Waals surface area contributed by atoms with Gasteiger partial charge in [0.2, 0.25) is 5.91 Å². The molecule has 90 valence electrons. The Balaban J connectivity index is 2.35. The lowest BCUT2D eigenvalue weighted by atomic mass is 9.74. The van der Waals surface area contributed by atoms with E-state index in [1.807, 2.05) is 18.2 Å². The maximum atomic E-state index is 12.2. The molecule has 2 rings (SSSR count). The van der Waals surface area contributed by atoms with E-state index in [1.165, 1.54) is 0 Å². The van der Waals surface area contributed by atoms with E-state index in [1.54, 1.807) is 18.1 Å². The summed E-state index contributed by atoms with van der Waals surface area (Å²) in [6.07, 6.45) is 3.15. The summed E-state index contributed by atoms with van der Waals surface area (Å²) in [5, 5.41) is 2.75. The largest absolute Gasteiger partial charge is 0.358 e. The number of likely N-dealkylation sites (tertiary alicyclic amines) is 1. The fourth-order valence-corrected chi connectivity index (χ4v) is 2.39. The molecule has 1 aliphatic rings. The Morgan fingerprint density at radius 1 is 1.47 bits per heavy atom. The molecule has 2 heterocycles. The van der Waals surface area contributed by atoms with E-state index in [0.717, 1.165) is 5.69 Å². The van der Waals surface area contributed by atoms with Crippen LogP contribution in [-0.4, -0.2) is 35.9 Å². The minimum absolute atomic E-state index is 0.0318. The monoisotopic (exact) mass is 231 g/mol. The Morgan fingerprint density at radius 2 is 2.18 bits per heavy atom. The molecule has 4 nitrogen and oxygen atoms in total. The standard InChI is InChI=1S/C13H17N3O/c1-14-12(17)13(6-9-16(2)10-7-13)11-5-3-4-8-15-11/h2-5,8H,6-7,9-10H2,1H3,(H,14,17). The SMILES string of the molecule is [CH]N1CCC(C(=O)NC)(c2ccccn2)CC1. The quantitative estimate of drug-likeness (QED) is 0.820. The van der Waals surface area contributed by atoms with Crippen molar-refractivity contribution in [2.24, 2.45) is 0 Å². The van der Waals surface area contributed by atoms with E-state index in [4.69, 9.17) is 7.05 Å². The van der Waals surface area contributed by atoms with Crippen LogP contribution in [0.1, 0.15) is 18.5 Å². The van der Waals surface area contributed by atoms with E-state index in [-0.39, 0.29) is 5.91 Å². The second-order valence-electron chi connectivity index (χ2n) is 4.41. The normalized spacial score (nSPS) is 19.9. The molecule has 1 aromatic rings. The summed E-state index contributed by atoms with van der Waals surface area (Å²) in [4.78, 5) is 18.3. The smallest absolute Gasteiger partial charge is 0.232 e. The Hall–Kier alpha value is -1.42. The molecule has 0 aliphatic carbocycles. The molecule has 0 unspecified atom stereocenters. The fraction of sp³-hybridized carbons (Fsp3) is 0.462. The van der Waals surface area contributed by atoms with Gasteiger partial charge in [-0.25, -0.2) is 0 Å². The van der Waals surface area contributed by atoms with Gasteiger partial charge in [0.25, 0.3) is 0 Å². The zero-order chi connectivity index (χ0) is 12.3. The molecule has 0 atom stereocenters. The number of pyridine rings is 1. The third-order valence-corrected chi connectivity index (χ3v) is 3.47. The van der Waals surface area contributed by atoms with Crippen LogP contribution in [0.5, 0.6) is 0 Å². The van der Waals surface area contributed by atoms with E-state index in [9.17, 15) is 4.79 Å². The molecule has 17 heavy (non-hydrogen) atoms. The van der Waals surface area contributed by atoms with E-state index in [2.05, 4.69) is 10.3 Å². The number of nitrogens with zero attached hydrogens (tertiary/aromatic N) is 2. The lowest BCUT2D eigenvalue weighted by Crippen LogP contribution is -2.50. The second kappa shape index (κ2) is 4.84. The summed E-state index contributed by atoms with van der Waals surface area (Å²) in [7, 11) is 7.43. The highest BCUT2D eigenvalue weighted by Crippen LogP contribution is 2.34. The van der Waals surface area contributed by atoms with Crippen LogP contribution in [-0.2, 0) is 10.2 Å². The lowest BCUT2D eigenvalue weighted by molar-refractivity contribution is -0.128. The number of carbonyl (C=O) groups excluding carboxylic acids is 1. The highest BCUT2D eigenvalue weighted by molar-refractivity contribution is 5.87. The minimum atomic E-state index is -0.522. The predicted molar refractivity (Wildman–Crippen MR) is 65.1 cm³/mol. The van der Waals surface area contributed by atoms with Crippen molar-refractivity contribution in [2.75, 3.05) is 20.1 Å². The zero-order valence-corrected chi connectivity index (χ0v) is 10.0. The fourth-order valence-electron chi connectivity index (χ4n) is 2.39. The molecule has 1 amide bonds. The molecule has 0 aromatic carbocycles. The molecule has 1 saturated heterocycles. The molecule has 0 spiro atoms. The Morgan fingerprint density at radius 3 is 2.71 bits per heavy atom. The number of hydrogen-bond donors (Lipinski definition) is 1. The first-order valence-corrected chi connectivity index (χ1v) is 5.82. The van der Waals surface area contributed by atoms with Crippen molar-refractivity contribution < 1.29 is 4.79 Å². The van der Waals surface area contributed by atoms with Crippen molar-refractivity contribution in [3.8, 4) is 0 Å². The third kappa shape index (κ3) is 2.17. The van der Waals surface area contributed by atoms with Crippen LogP contribution >= 0.6 is 0 Å². The van der Waals surface area contributed by atoms with Gasteiger partial charge in [-0.15, -0.1) is 0 Å². The summed E-state index contributed by atoms with van der Waals surface area (Å²) in [6.45, 7) is 1.42. The molecular weight excluding hydrogens is 214 g/mol. The van der Waals surface area contributed by atoms with Crippen molar-refractivity contribution in [1.29, 1.82) is 0 Å². The predicted octanol–water partition coefficient (Wildman–Crippen LogP) is 0.830. The summed E-state index contributed by atoms with van der Waals surface area (Å²) in [6, 6.07) is 5.70. The van der Waals surface area contributed by atoms with Crippen molar-refractivity contribution >= 4 is 5.91 Å². The van der Waals surface area contributed by atoms with Crippen LogP contribution in [0.4, 0.5) is 0 Å². The molecule has 1 N–H and O–H groups in total. The molecule has 1 aliphatic heterocycles. The number of rotatable bonds is 2. The zero-order valence-electron chi connectivity index (χ0n) is 10.0. The minimum Gasteiger partial charge on any atom is -0.358 e. The van der Waals surface area contributed by atoms with Gasteiger partial charge >= 0.3 is 0 Å². The van der Waals surface area contributed by atoms with Crippen molar-refractivity contribution in [3.05, 3.63) is 37.1 Å². The Labute approximate surface area is 102 Å². The van der Waals surface area contributed by atoms with Crippen LogP contribution in [0.2, 0.25) is 0 Å². The first-order chi connectivity index (χ1) is 8.19. The molecule has 0 bridgehead atoms. The first-order valence-electron chi connectivity index (χ1n) is 5.82. The van der Waals surface area contributed by atoms with E-state index in [0.29, 0.717) is 25.9 Å². The third-order valence-electron chi connectivity index (χ3n) is 3.47. The summed E-state index contributed by atoms with van der Waals surface area (Å²) in [5.74, 6) is 0.0318. The van der Waals surface area contributed by atoms with Gasteiger partial charge in [0.1, 0.15) is 0 Å². The number of hydrogen-bond acceptors (Lipinski definition) is 3. The van der Waals surface area contributed by atoms with E-state index < -0.39 is 5.41 Å². The van der Waals surface area contributed by atoms with Gasteiger partial charge in [-0.3, -0.25) is 14.7 Å². The Kier molecular flexibility index (Phi) is 3.43. The van der Waals surface area contributed by atoms with Crippen LogP contribution in [0, 0.1) is 7.05 Å². The highest BCUT2D eigenvalue weighted by Gasteiger charge is 2.42. The second-order valence-corrected chi connectivity index (χ2v) is 4.41. The maximum Gasteiger partial charge on any atom is 0.232 e. The average Bonchev–Trinajstić information content (AvgIpc) is 2.40. The summed E-state index contributed by atoms with van der Waals surface area (Å²) in [5.41, 5.74) is 0.318. The van der Waals surface area contributed by atoms with Crippen LogP contribution in [0.25, 0.3) is 0 Å². The van der Waals surface area contributed by atoms with Gasteiger partial charge in [0, 0.05) is 20.3 Å². The van der Waals surface area contributed by atoms with E-state index >= 15 is 0 Å². The molecule has 4 heteroatoms. The topological polar surface area (TPSA) is 45.2 Å². The molecule has 0 saturated carbocycles. The lowest BCUT2D eigenvalue weighted by Gasteiger charge is -2.38. The average molecular weight is 231 g/mol. The van der Waals surface area contributed by atoms with Gasteiger partial charge in [-0.05, 0) is 38.1 Å². The number of carbonyl (C=O) groups is 1. The molecule has 1 aromatic heterocycles. The van der Waals surface area contributed by atoms with Gasteiger partial charge < -0.3 is 5.32 Å². The first kappa shape index (κ1) is 12.0. The maximum absolute atomic E-state index is 12.2. The van der Waals surface area contributed by atoms with Gasteiger partial charge in [-0.2, -0.15) is 0 Å². The van der Waals surface area contributed by atoms with Crippen LogP contribution < -0.4 is 5.32 Å². The molecule has 1 fully saturated rings. The van der Waals surface area contributed by atoms with Crippen LogP contribution in [0.15, 0.2) is 24.4 Å². The van der Waals surface area contributed by atoms with Crippen molar-refractivity contribution in [2.45, 2.75) is 18.3 Å². The number of amides is 1.